The van der Waals surface area contributed by atoms with Crippen molar-refractivity contribution in [3.8, 4) is 0 Å². The molecule has 7 nitrogen and oxygen atoms in total. The molecule has 0 aromatic carbocycles. The molecule has 0 unspecified atom stereocenters. The highest BCUT2D eigenvalue weighted by Gasteiger charge is 2.18. The number of carboxylic acids is 1. The van der Waals surface area contributed by atoms with Crippen LogP contribution in [-0.4, -0.2) is 35.2 Å². The molecule has 0 saturated heterocycles. The van der Waals surface area contributed by atoms with Crippen molar-refractivity contribution in [2.75, 3.05) is 18.4 Å². The van der Waals surface area contributed by atoms with Crippen LogP contribution >= 0.6 is 0 Å². The van der Waals surface area contributed by atoms with Crippen molar-refractivity contribution < 1.29 is 19.2 Å². The lowest BCUT2D eigenvalue weighted by atomic mass is 9.84. The van der Waals surface area contributed by atoms with Crippen LogP contribution in [0.1, 0.15) is 38.8 Å². The number of rotatable bonds is 9. The number of aliphatic carboxylic acids is 1. The van der Waals surface area contributed by atoms with Gasteiger partial charge in [-0.05, 0) is 31.7 Å². The van der Waals surface area contributed by atoms with Crippen LogP contribution < -0.4 is 10.6 Å². The van der Waals surface area contributed by atoms with Gasteiger partial charge in [-0.1, -0.05) is 19.0 Å². The van der Waals surface area contributed by atoms with Crippen LogP contribution in [0.15, 0.2) is 10.6 Å². The van der Waals surface area contributed by atoms with Crippen LogP contribution in [0.25, 0.3) is 0 Å². The van der Waals surface area contributed by atoms with Gasteiger partial charge < -0.3 is 14.9 Å². The number of anilines is 1. The van der Waals surface area contributed by atoms with E-state index in [1.54, 1.807) is 13.0 Å². The van der Waals surface area contributed by atoms with Crippen LogP contribution in [0.5, 0.6) is 0 Å². The second-order valence-electron chi connectivity index (χ2n) is 5.87. The van der Waals surface area contributed by atoms with Gasteiger partial charge in [0.05, 0.1) is 12.2 Å². The van der Waals surface area contributed by atoms with E-state index in [2.05, 4.69) is 15.8 Å². The van der Waals surface area contributed by atoms with Crippen molar-refractivity contribution in [1.82, 2.24) is 10.5 Å². The van der Waals surface area contributed by atoms with Crippen LogP contribution in [0.3, 0.4) is 0 Å². The normalized spacial score (nSPS) is 11.4. The van der Waals surface area contributed by atoms with Gasteiger partial charge in [0.2, 0.25) is 11.8 Å². The number of carboxylic acid groups (broad SMARTS) is 1. The lowest BCUT2D eigenvalue weighted by Crippen LogP contribution is -2.30. The van der Waals surface area contributed by atoms with E-state index in [1.807, 2.05) is 13.8 Å². The topological polar surface area (TPSA) is 104 Å². The second kappa shape index (κ2) is 7.78. The molecular formula is C14H23N3O4. The number of amides is 1. The highest BCUT2D eigenvalue weighted by molar-refractivity contribution is 5.90. The van der Waals surface area contributed by atoms with Crippen LogP contribution in [0.2, 0.25) is 0 Å². The molecule has 1 aromatic rings. The van der Waals surface area contributed by atoms with Crippen molar-refractivity contribution in [2.24, 2.45) is 5.41 Å². The van der Waals surface area contributed by atoms with Gasteiger partial charge in [0, 0.05) is 12.5 Å². The minimum absolute atomic E-state index is 0.0656. The third-order valence-electron chi connectivity index (χ3n) is 3.17. The molecule has 0 saturated carbocycles. The molecule has 0 aliphatic rings. The standard InChI is InChI=1S/C14H23N3O4/c1-10-8-12(21-17-10)16-11(18)9-15-7-6-14(2,3)5-4-13(19)20/h8,15H,4-7,9H2,1-3H3,(H,16,18)(H,19,20). The van der Waals surface area contributed by atoms with Crippen LogP contribution in [0, 0.1) is 12.3 Å². The Morgan fingerprint density at radius 2 is 2.10 bits per heavy atom. The molecule has 0 radical (unpaired) electrons. The SMILES string of the molecule is Cc1cc(NC(=O)CNCCC(C)(C)CCC(=O)O)on1. The van der Waals surface area contributed by atoms with E-state index in [0.29, 0.717) is 24.5 Å². The molecule has 0 fully saturated rings. The van der Waals surface area contributed by atoms with E-state index < -0.39 is 5.97 Å². The fourth-order valence-electron chi connectivity index (χ4n) is 1.80. The summed E-state index contributed by atoms with van der Waals surface area (Å²) < 4.78 is 4.88. The van der Waals surface area contributed by atoms with E-state index in [1.165, 1.54) is 0 Å². The Bertz CT molecular complexity index is 482. The molecule has 7 heteroatoms. The van der Waals surface area contributed by atoms with Crippen LogP contribution in [-0.2, 0) is 9.59 Å². The van der Waals surface area contributed by atoms with E-state index in [0.717, 1.165) is 6.42 Å². The molecule has 21 heavy (non-hydrogen) atoms. The third-order valence-corrected chi connectivity index (χ3v) is 3.17. The number of hydrogen-bond acceptors (Lipinski definition) is 5. The van der Waals surface area contributed by atoms with Gasteiger partial charge in [0.1, 0.15) is 0 Å². The first kappa shape index (κ1) is 17.2. The number of nitrogens with zero attached hydrogens (tertiary/aromatic N) is 1. The largest absolute Gasteiger partial charge is 0.481 e. The summed E-state index contributed by atoms with van der Waals surface area (Å²) in [5, 5.41) is 18.0. The third kappa shape index (κ3) is 7.45. The molecule has 1 aromatic heterocycles. The summed E-state index contributed by atoms with van der Waals surface area (Å²) in [5.74, 6) is -0.645. The fraction of sp³-hybridized carbons (Fsp3) is 0.643. The predicted molar refractivity (Wildman–Crippen MR) is 78.0 cm³/mol. The maximum absolute atomic E-state index is 11.6. The lowest BCUT2D eigenvalue weighted by Gasteiger charge is -2.23. The van der Waals surface area contributed by atoms with Gasteiger partial charge >= 0.3 is 5.97 Å². The van der Waals surface area contributed by atoms with Gasteiger partial charge in [0.25, 0.3) is 0 Å². The van der Waals surface area contributed by atoms with Gasteiger partial charge in [-0.15, -0.1) is 0 Å². The zero-order chi connectivity index (χ0) is 15.9. The first-order chi connectivity index (χ1) is 9.78. The summed E-state index contributed by atoms with van der Waals surface area (Å²) in [5.41, 5.74) is 0.641. The smallest absolute Gasteiger partial charge is 0.303 e. The number of nitrogens with one attached hydrogen (secondary N) is 2. The molecule has 0 atom stereocenters. The maximum atomic E-state index is 11.6. The summed E-state index contributed by atoms with van der Waals surface area (Å²) >= 11 is 0. The number of carbonyl (C=O) groups is 2. The van der Waals surface area contributed by atoms with Gasteiger partial charge in [-0.25, -0.2) is 0 Å². The van der Waals surface area contributed by atoms with Crippen LogP contribution in [0.4, 0.5) is 5.88 Å². The number of aromatic nitrogens is 1. The van der Waals surface area contributed by atoms with Crippen molar-refractivity contribution in [2.45, 2.75) is 40.0 Å². The maximum Gasteiger partial charge on any atom is 0.303 e. The molecule has 1 heterocycles. The zero-order valence-electron chi connectivity index (χ0n) is 12.7. The molecule has 0 aliphatic carbocycles. The average molecular weight is 297 g/mol. The summed E-state index contributed by atoms with van der Waals surface area (Å²) in [6.07, 6.45) is 1.58. The summed E-state index contributed by atoms with van der Waals surface area (Å²) in [7, 11) is 0. The molecule has 0 bridgehead atoms. The first-order valence-corrected chi connectivity index (χ1v) is 6.94. The van der Waals surface area contributed by atoms with E-state index in [-0.39, 0.29) is 24.3 Å². The molecular weight excluding hydrogens is 274 g/mol. The minimum atomic E-state index is -0.780. The Morgan fingerprint density at radius 1 is 1.38 bits per heavy atom. The Balaban J connectivity index is 2.18. The van der Waals surface area contributed by atoms with Gasteiger partial charge in [-0.2, -0.15) is 0 Å². The van der Waals surface area contributed by atoms with E-state index in [9.17, 15) is 9.59 Å². The highest BCUT2D eigenvalue weighted by Crippen LogP contribution is 2.25. The van der Waals surface area contributed by atoms with Crippen molar-refractivity contribution >= 4 is 17.8 Å². The number of carbonyl (C=O) groups excluding carboxylic acids is 1. The zero-order valence-corrected chi connectivity index (χ0v) is 12.7. The Morgan fingerprint density at radius 3 is 2.67 bits per heavy atom. The monoisotopic (exact) mass is 297 g/mol. The summed E-state index contributed by atoms with van der Waals surface area (Å²) in [4.78, 5) is 22.2. The summed E-state index contributed by atoms with van der Waals surface area (Å²) in [6.45, 7) is 6.64. The fourth-order valence-corrected chi connectivity index (χ4v) is 1.80. The highest BCUT2D eigenvalue weighted by atomic mass is 16.5. The minimum Gasteiger partial charge on any atom is -0.481 e. The van der Waals surface area contributed by atoms with Crippen molar-refractivity contribution in [3.05, 3.63) is 11.8 Å². The second-order valence-corrected chi connectivity index (χ2v) is 5.87. The van der Waals surface area contributed by atoms with Gasteiger partial charge in [0.15, 0.2) is 0 Å². The average Bonchev–Trinajstić information content (AvgIpc) is 2.78. The predicted octanol–water partition coefficient (Wildman–Crippen LogP) is 1.79. The van der Waals surface area contributed by atoms with E-state index in [4.69, 9.17) is 9.63 Å². The van der Waals surface area contributed by atoms with Gasteiger partial charge in [-0.3, -0.25) is 14.9 Å². The first-order valence-electron chi connectivity index (χ1n) is 6.94. The lowest BCUT2D eigenvalue weighted by molar-refractivity contribution is -0.137. The number of hydrogen-bond donors (Lipinski definition) is 3. The molecule has 1 rings (SSSR count). The number of aryl methyl sites for hydroxylation is 1. The molecule has 0 aliphatic heterocycles. The Hall–Kier alpha value is -1.89. The molecule has 0 spiro atoms. The molecule has 118 valence electrons. The Labute approximate surface area is 124 Å². The molecule has 3 N–H and O–H groups in total. The quantitative estimate of drug-likeness (QED) is 0.600. The molecule has 1 amide bonds. The Kier molecular flexibility index (Phi) is 6.36. The van der Waals surface area contributed by atoms with Crippen molar-refractivity contribution in [3.63, 3.8) is 0 Å². The van der Waals surface area contributed by atoms with E-state index >= 15 is 0 Å². The summed E-state index contributed by atoms with van der Waals surface area (Å²) in [6, 6.07) is 1.65. The van der Waals surface area contributed by atoms with Crippen molar-refractivity contribution in [1.29, 1.82) is 0 Å².